The molecule has 1 heterocycles. The molecule has 0 aliphatic carbocycles. The van der Waals surface area contributed by atoms with Crippen molar-refractivity contribution in [2.45, 2.75) is 0 Å². The molecule has 0 saturated carbocycles. The summed E-state index contributed by atoms with van der Waals surface area (Å²) in [6, 6.07) is 24.8. The molecule has 3 aromatic carbocycles. The quantitative estimate of drug-likeness (QED) is 0.516. The van der Waals surface area contributed by atoms with Gasteiger partial charge in [0.1, 0.15) is 11.5 Å². The smallest absolute Gasteiger partial charge is 0.259 e. The average Bonchev–Trinajstić information content (AvgIpc) is 2.78. The van der Waals surface area contributed by atoms with Crippen molar-refractivity contribution in [2.75, 3.05) is 19.5 Å². The van der Waals surface area contributed by atoms with Crippen LogP contribution in [0.25, 0.3) is 22.2 Å². The molecule has 0 bridgehead atoms. The van der Waals surface area contributed by atoms with Crippen LogP contribution in [-0.2, 0) is 0 Å². The number of aromatic nitrogens is 1. The summed E-state index contributed by atoms with van der Waals surface area (Å²) < 4.78 is 10.5. The molecule has 1 amide bonds. The van der Waals surface area contributed by atoms with Gasteiger partial charge in [-0.15, -0.1) is 0 Å². The van der Waals surface area contributed by atoms with Gasteiger partial charge >= 0.3 is 0 Å². The normalized spacial score (nSPS) is 10.6. The Morgan fingerprint density at radius 3 is 2.41 bits per heavy atom. The molecule has 144 valence electrons. The summed E-state index contributed by atoms with van der Waals surface area (Å²) in [5.74, 6) is 0.838. The van der Waals surface area contributed by atoms with Crippen LogP contribution in [0.4, 0.5) is 5.69 Å². The van der Waals surface area contributed by atoms with Gasteiger partial charge in [-0.3, -0.25) is 4.79 Å². The van der Waals surface area contributed by atoms with Gasteiger partial charge in [-0.2, -0.15) is 0 Å². The van der Waals surface area contributed by atoms with E-state index in [1.165, 1.54) is 7.11 Å². The van der Waals surface area contributed by atoms with Crippen molar-refractivity contribution in [1.82, 2.24) is 4.98 Å². The molecule has 0 unspecified atom stereocenters. The molecule has 0 aliphatic rings. The molecular formula is C24H20N2O3. The lowest BCUT2D eigenvalue weighted by Gasteiger charge is -2.11. The van der Waals surface area contributed by atoms with Gasteiger partial charge in [0.15, 0.2) is 0 Å². The van der Waals surface area contributed by atoms with E-state index in [1.54, 1.807) is 25.3 Å². The van der Waals surface area contributed by atoms with Crippen LogP contribution >= 0.6 is 0 Å². The largest absolute Gasteiger partial charge is 0.497 e. The van der Waals surface area contributed by atoms with Crippen LogP contribution in [0.1, 0.15) is 10.4 Å². The van der Waals surface area contributed by atoms with E-state index in [-0.39, 0.29) is 5.91 Å². The number of anilines is 1. The zero-order chi connectivity index (χ0) is 20.2. The predicted molar refractivity (Wildman–Crippen MR) is 115 cm³/mol. The van der Waals surface area contributed by atoms with Crippen LogP contribution in [0.15, 0.2) is 78.9 Å². The molecule has 5 heteroatoms. The highest BCUT2D eigenvalue weighted by molar-refractivity contribution is 6.06. The standard InChI is InChI=1S/C24H20N2O3/c1-28-19-12-13-20(23(15-19)29-2)24(27)25-18-10-7-17(8-11-18)22-14-9-16-5-3-4-6-21(16)26-22/h3-15H,1-2H3,(H,25,27). The van der Waals surface area contributed by atoms with E-state index in [0.717, 1.165) is 22.2 Å². The minimum atomic E-state index is -0.249. The molecule has 0 radical (unpaired) electrons. The van der Waals surface area contributed by atoms with Gasteiger partial charge < -0.3 is 14.8 Å². The number of ether oxygens (including phenoxy) is 2. The number of nitrogens with one attached hydrogen (secondary N) is 1. The third kappa shape index (κ3) is 3.89. The minimum Gasteiger partial charge on any atom is -0.497 e. The molecule has 5 nitrogen and oxygen atoms in total. The maximum atomic E-state index is 12.7. The third-order valence-electron chi connectivity index (χ3n) is 4.69. The first kappa shape index (κ1) is 18.5. The number of pyridine rings is 1. The van der Waals surface area contributed by atoms with Crippen molar-refractivity contribution >= 4 is 22.5 Å². The zero-order valence-corrected chi connectivity index (χ0v) is 16.2. The average molecular weight is 384 g/mol. The van der Waals surface area contributed by atoms with Gasteiger partial charge in [0.2, 0.25) is 0 Å². The Morgan fingerprint density at radius 2 is 1.66 bits per heavy atom. The van der Waals surface area contributed by atoms with Gasteiger partial charge in [0.25, 0.3) is 5.91 Å². The molecular weight excluding hydrogens is 364 g/mol. The second-order valence-electron chi connectivity index (χ2n) is 6.49. The molecule has 4 aromatic rings. The van der Waals surface area contributed by atoms with Gasteiger partial charge in [-0.25, -0.2) is 4.98 Å². The summed E-state index contributed by atoms with van der Waals surface area (Å²) in [7, 11) is 3.09. The molecule has 4 rings (SSSR count). The van der Waals surface area contributed by atoms with Crippen LogP contribution in [0.2, 0.25) is 0 Å². The zero-order valence-electron chi connectivity index (χ0n) is 16.2. The summed E-state index contributed by atoms with van der Waals surface area (Å²) in [5, 5.41) is 4.00. The van der Waals surface area contributed by atoms with Crippen LogP contribution < -0.4 is 14.8 Å². The first-order valence-electron chi connectivity index (χ1n) is 9.17. The third-order valence-corrected chi connectivity index (χ3v) is 4.69. The maximum Gasteiger partial charge on any atom is 0.259 e. The molecule has 1 N–H and O–H groups in total. The van der Waals surface area contributed by atoms with Crippen LogP contribution in [0.3, 0.4) is 0 Å². The fourth-order valence-corrected chi connectivity index (χ4v) is 3.14. The number of hydrogen-bond donors (Lipinski definition) is 1. The van der Waals surface area contributed by atoms with Gasteiger partial charge in [-0.05, 0) is 36.4 Å². The molecule has 0 fully saturated rings. The summed E-state index contributed by atoms with van der Waals surface area (Å²) in [5.41, 5.74) is 3.95. The Hall–Kier alpha value is -3.86. The highest BCUT2D eigenvalue weighted by atomic mass is 16.5. The molecule has 29 heavy (non-hydrogen) atoms. The highest BCUT2D eigenvalue weighted by Gasteiger charge is 2.13. The summed E-state index contributed by atoms with van der Waals surface area (Å²) >= 11 is 0. The number of amides is 1. The predicted octanol–water partition coefficient (Wildman–Crippen LogP) is 5.17. The van der Waals surface area contributed by atoms with E-state index in [2.05, 4.69) is 11.4 Å². The van der Waals surface area contributed by atoms with Crippen molar-refractivity contribution in [1.29, 1.82) is 0 Å². The van der Waals surface area contributed by atoms with E-state index in [4.69, 9.17) is 14.5 Å². The number of fused-ring (bicyclic) bond motifs is 1. The lowest BCUT2D eigenvalue weighted by Crippen LogP contribution is -2.13. The van der Waals surface area contributed by atoms with E-state index < -0.39 is 0 Å². The Morgan fingerprint density at radius 1 is 0.862 bits per heavy atom. The van der Waals surface area contributed by atoms with E-state index in [1.807, 2.05) is 54.6 Å². The van der Waals surface area contributed by atoms with Crippen molar-refractivity contribution in [3.8, 4) is 22.8 Å². The van der Waals surface area contributed by atoms with Crippen molar-refractivity contribution in [3.05, 3.63) is 84.4 Å². The summed E-state index contributed by atoms with van der Waals surface area (Å²) in [6.45, 7) is 0. The van der Waals surface area contributed by atoms with Gasteiger partial charge in [0, 0.05) is 22.7 Å². The molecule has 0 aliphatic heterocycles. The van der Waals surface area contributed by atoms with E-state index in [0.29, 0.717) is 22.7 Å². The van der Waals surface area contributed by atoms with Crippen LogP contribution in [0.5, 0.6) is 11.5 Å². The topological polar surface area (TPSA) is 60.5 Å². The second-order valence-corrected chi connectivity index (χ2v) is 6.49. The number of nitrogens with zero attached hydrogens (tertiary/aromatic N) is 1. The number of benzene rings is 3. The lowest BCUT2D eigenvalue weighted by molar-refractivity contribution is 0.102. The Kier molecular flexibility index (Phi) is 5.12. The Labute approximate surface area is 168 Å². The van der Waals surface area contributed by atoms with E-state index in [9.17, 15) is 4.79 Å². The van der Waals surface area contributed by atoms with Crippen molar-refractivity contribution < 1.29 is 14.3 Å². The Balaban J connectivity index is 1.54. The molecule has 0 atom stereocenters. The number of hydrogen-bond acceptors (Lipinski definition) is 4. The SMILES string of the molecule is COc1ccc(C(=O)Nc2ccc(-c3ccc4ccccc4n3)cc2)c(OC)c1. The number of rotatable bonds is 5. The highest BCUT2D eigenvalue weighted by Crippen LogP contribution is 2.26. The van der Waals surface area contributed by atoms with Crippen molar-refractivity contribution in [3.63, 3.8) is 0 Å². The maximum absolute atomic E-state index is 12.7. The first-order valence-corrected chi connectivity index (χ1v) is 9.17. The van der Waals surface area contributed by atoms with Gasteiger partial charge in [-0.1, -0.05) is 36.4 Å². The fourth-order valence-electron chi connectivity index (χ4n) is 3.14. The fraction of sp³-hybridized carbons (Fsp3) is 0.0833. The second kappa shape index (κ2) is 8.02. The number of carbonyl (C=O) groups is 1. The number of para-hydroxylation sites is 1. The summed E-state index contributed by atoms with van der Waals surface area (Å²) in [6.07, 6.45) is 0. The summed E-state index contributed by atoms with van der Waals surface area (Å²) in [4.78, 5) is 17.4. The van der Waals surface area contributed by atoms with Crippen LogP contribution in [0, 0.1) is 0 Å². The number of methoxy groups -OCH3 is 2. The Bertz CT molecular complexity index is 1170. The minimum absolute atomic E-state index is 0.249. The van der Waals surface area contributed by atoms with Crippen LogP contribution in [-0.4, -0.2) is 25.1 Å². The molecule has 1 aromatic heterocycles. The number of carbonyl (C=O) groups excluding carboxylic acids is 1. The first-order chi connectivity index (χ1) is 14.2. The van der Waals surface area contributed by atoms with Gasteiger partial charge in [0.05, 0.1) is 31.0 Å². The van der Waals surface area contributed by atoms with Crippen molar-refractivity contribution in [2.24, 2.45) is 0 Å². The monoisotopic (exact) mass is 384 g/mol. The van der Waals surface area contributed by atoms with E-state index >= 15 is 0 Å². The molecule has 0 saturated heterocycles. The molecule has 0 spiro atoms. The lowest BCUT2D eigenvalue weighted by atomic mass is 10.1.